The van der Waals surface area contributed by atoms with Crippen molar-refractivity contribution in [2.24, 2.45) is 17.4 Å². The number of halogens is 1. The number of primary amides is 1. The third kappa shape index (κ3) is 7.23. The van der Waals surface area contributed by atoms with Crippen molar-refractivity contribution < 1.29 is 28.6 Å². The molecule has 4 rings (SSSR count). The van der Waals surface area contributed by atoms with E-state index in [1.165, 1.54) is 23.7 Å². The van der Waals surface area contributed by atoms with E-state index in [0.717, 1.165) is 17.7 Å². The molecule has 0 spiro atoms. The Morgan fingerprint density at radius 2 is 2.03 bits per heavy atom. The van der Waals surface area contributed by atoms with Gasteiger partial charge in [0.2, 0.25) is 5.91 Å². The van der Waals surface area contributed by atoms with Gasteiger partial charge in [-0.1, -0.05) is 6.07 Å². The normalized spacial score (nSPS) is 14.2. The number of pyridine rings is 1. The van der Waals surface area contributed by atoms with Crippen LogP contribution in [-0.2, 0) is 4.79 Å². The number of rotatable bonds is 10. The Morgan fingerprint density at radius 3 is 2.56 bits per heavy atom. The minimum Gasteiger partial charge on any atom is -0.484 e. The Balaban J connectivity index is 0.000000392. The first kappa shape index (κ1) is 27.1. The number of aliphatic hydroxyl groups is 1. The molecular weight excluding hydrogens is 487 g/mol. The van der Waals surface area contributed by atoms with E-state index in [1.54, 1.807) is 24.4 Å². The molecule has 0 aliphatic heterocycles. The van der Waals surface area contributed by atoms with E-state index in [0.29, 0.717) is 29.0 Å². The Kier molecular flexibility index (Phi) is 9.34. The van der Waals surface area contributed by atoms with Crippen molar-refractivity contribution in [1.82, 2.24) is 9.36 Å². The lowest BCUT2D eigenvalue weighted by Gasteiger charge is -2.12. The van der Waals surface area contributed by atoms with Gasteiger partial charge in [-0.25, -0.2) is 9.37 Å². The van der Waals surface area contributed by atoms with Crippen LogP contribution in [0, 0.1) is 11.7 Å². The first-order valence-corrected chi connectivity index (χ1v) is 12.0. The number of aldehydes is 1. The van der Waals surface area contributed by atoms with Crippen LogP contribution in [0.1, 0.15) is 58.0 Å². The molecule has 3 aromatic rings. The van der Waals surface area contributed by atoms with E-state index in [1.807, 2.05) is 13.0 Å². The molecule has 1 aromatic carbocycles. The topological polar surface area (TPSA) is 158 Å². The van der Waals surface area contributed by atoms with Gasteiger partial charge in [0.1, 0.15) is 23.4 Å². The molecule has 9 nitrogen and oxygen atoms in total. The SMILES string of the molecule is CC(Oc1ccc(C(=O)C2CC2)nc1)c1cc(-c2ccc(C=O)c(F)c2)ns1.NC(=O)C(N)CCO. The molecule has 1 aliphatic rings. The summed E-state index contributed by atoms with van der Waals surface area (Å²) in [6.07, 6.45) is 3.91. The number of carbonyl (C=O) groups is 3. The average molecular weight is 515 g/mol. The summed E-state index contributed by atoms with van der Waals surface area (Å²) in [5.74, 6) is -0.341. The highest BCUT2D eigenvalue weighted by molar-refractivity contribution is 7.06. The maximum Gasteiger partial charge on any atom is 0.234 e. The Labute approximate surface area is 211 Å². The largest absolute Gasteiger partial charge is 0.484 e. The molecule has 2 heterocycles. The van der Waals surface area contributed by atoms with Crippen molar-refractivity contribution in [3.05, 3.63) is 64.5 Å². The zero-order valence-corrected chi connectivity index (χ0v) is 20.4. The van der Waals surface area contributed by atoms with Crippen molar-refractivity contribution in [3.63, 3.8) is 0 Å². The number of ether oxygens (including phenoxy) is 1. The summed E-state index contributed by atoms with van der Waals surface area (Å²) in [6, 6.07) is 8.98. The summed E-state index contributed by atoms with van der Waals surface area (Å²) in [4.78, 5) is 37.9. The van der Waals surface area contributed by atoms with Crippen LogP contribution < -0.4 is 16.2 Å². The third-order valence-corrected chi connectivity index (χ3v) is 6.36. The zero-order valence-electron chi connectivity index (χ0n) is 19.6. The minimum absolute atomic E-state index is 0.0204. The van der Waals surface area contributed by atoms with Gasteiger partial charge >= 0.3 is 0 Å². The maximum absolute atomic E-state index is 13.8. The second kappa shape index (κ2) is 12.4. The van der Waals surface area contributed by atoms with Crippen molar-refractivity contribution in [2.75, 3.05) is 6.61 Å². The van der Waals surface area contributed by atoms with Gasteiger partial charge in [-0.15, -0.1) is 0 Å². The first-order valence-electron chi connectivity index (χ1n) is 11.3. The molecule has 2 atom stereocenters. The van der Waals surface area contributed by atoms with Crippen LogP contribution in [-0.4, -0.2) is 45.1 Å². The van der Waals surface area contributed by atoms with E-state index >= 15 is 0 Å². The Bertz CT molecular complexity index is 1210. The fourth-order valence-electron chi connectivity index (χ4n) is 3.09. The highest BCUT2D eigenvalue weighted by Gasteiger charge is 2.31. The minimum atomic E-state index is -0.694. The van der Waals surface area contributed by atoms with Crippen molar-refractivity contribution in [2.45, 2.75) is 38.3 Å². The number of benzene rings is 1. The van der Waals surface area contributed by atoms with Gasteiger partial charge < -0.3 is 21.3 Å². The smallest absolute Gasteiger partial charge is 0.234 e. The first-order chi connectivity index (χ1) is 17.2. The lowest BCUT2D eigenvalue weighted by atomic mass is 10.1. The highest BCUT2D eigenvalue weighted by atomic mass is 32.1. The molecule has 2 unspecified atom stereocenters. The number of amides is 1. The fraction of sp³-hybridized carbons (Fsp3) is 0.320. The van der Waals surface area contributed by atoms with Crippen LogP contribution in [0.3, 0.4) is 0 Å². The van der Waals surface area contributed by atoms with E-state index < -0.39 is 17.8 Å². The quantitative estimate of drug-likeness (QED) is 0.275. The predicted molar refractivity (Wildman–Crippen MR) is 132 cm³/mol. The molecular formula is C25H27FN4O5S. The van der Waals surface area contributed by atoms with Gasteiger partial charge in [0.25, 0.3) is 0 Å². The molecule has 1 amide bonds. The fourth-order valence-corrected chi connectivity index (χ4v) is 3.82. The molecule has 0 bridgehead atoms. The molecule has 1 saturated carbocycles. The second-order valence-corrected chi connectivity index (χ2v) is 9.10. The number of hydrogen-bond donors (Lipinski definition) is 3. The van der Waals surface area contributed by atoms with E-state index in [2.05, 4.69) is 9.36 Å². The highest BCUT2D eigenvalue weighted by Crippen LogP contribution is 2.33. The average Bonchev–Trinajstić information content (AvgIpc) is 3.60. The molecule has 36 heavy (non-hydrogen) atoms. The molecule has 190 valence electrons. The van der Waals surface area contributed by atoms with E-state index in [4.69, 9.17) is 21.3 Å². The number of Topliss-reactive ketones (excluding diaryl/α,β-unsaturated/α-hetero) is 1. The van der Waals surface area contributed by atoms with Crippen LogP contribution >= 0.6 is 11.5 Å². The molecule has 0 radical (unpaired) electrons. The van der Waals surface area contributed by atoms with Crippen LogP contribution in [0.25, 0.3) is 11.3 Å². The predicted octanol–water partition coefficient (Wildman–Crippen LogP) is 3.07. The van der Waals surface area contributed by atoms with Gasteiger partial charge in [-0.05, 0) is 68.1 Å². The standard InChI is InChI=1S/C21H17FN2O3S.C4H10N2O2/c1-12(27-16-6-7-18(23-10-16)21(26)13-2-3-13)20-9-19(24-28-20)14-4-5-15(11-25)17(22)8-14;5-3(1-2-7)4(6)8/h4-13H,2-3H2,1H3;3,7H,1-2,5H2,(H2,6,8). The van der Waals surface area contributed by atoms with Gasteiger partial charge in [-0.2, -0.15) is 4.37 Å². The van der Waals surface area contributed by atoms with Crippen molar-refractivity contribution in [1.29, 1.82) is 0 Å². The summed E-state index contributed by atoms with van der Waals surface area (Å²) in [6.45, 7) is 1.79. The lowest BCUT2D eigenvalue weighted by molar-refractivity contribution is -0.119. The number of nitrogens with two attached hydrogens (primary N) is 2. The summed E-state index contributed by atoms with van der Waals surface area (Å²) in [5, 5.41) is 8.20. The van der Waals surface area contributed by atoms with Crippen LogP contribution in [0.2, 0.25) is 0 Å². The third-order valence-electron chi connectivity index (χ3n) is 5.41. The Morgan fingerprint density at radius 1 is 1.28 bits per heavy atom. The number of aromatic nitrogens is 2. The number of aliphatic hydroxyl groups excluding tert-OH is 1. The van der Waals surface area contributed by atoms with Gasteiger partial charge in [0.05, 0.1) is 28.4 Å². The molecule has 1 aliphatic carbocycles. The number of ketones is 1. The monoisotopic (exact) mass is 514 g/mol. The van der Waals surface area contributed by atoms with Crippen LogP contribution in [0.4, 0.5) is 4.39 Å². The van der Waals surface area contributed by atoms with Crippen LogP contribution in [0.15, 0.2) is 42.6 Å². The van der Waals surface area contributed by atoms with E-state index in [9.17, 15) is 18.8 Å². The summed E-state index contributed by atoms with van der Waals surface area (Å²) < 4.78 is 24.1. The molecule has 11 heteroatoms. The van der Waals surface area contributed by atoms with Crippen molar-refractivity contribution in [3.8, 4) is 17.0 Å². The number of nitrogens with zero attached hydrogens (tertiary/aromatic N) is 2. The summed E-state index contributed by atoms with van der Waals surface area (Å²) >= 11 is 1.27. The molecule has 1 fully saturated rings. The maximum atomic E-state index is 13.8. The Hall–Kier alpha value is -3.54. The zero-order chi connectivity index (χ0) is 26.2. The molecule has 5 N–H and O–H groups in total. The van der Waals surface area contributed by atoms with Gasteiger partial charge in [-0.3, -0.25) is 14.4 Å². The summed E-state index contributed by atoms with van der Waals surface area (Å²) in [7, 11) is 0. The van der Waals surface area contributed by atoms with Crippen molar-refractivity contribution >= 4 is 29.5 Å². The molecule has 2 aromatic heterocycles. The number of hydrogen-bond acceptors (Lipinski definition) is 9. The molecule has 0 saturated heterocycles. The lowest BCUT2D eigenvalue weighted by Crippen LogP contribution is -2.36. The number of carbonyl (C=O) groups excluding carboxylic acids is 3. The van der Waals surface area contributed by atoms with Gasteiger partial charge in [0, 0.05) is 18.1 Å². The summed E-state index contributed by atoms with van der Waals surface area (Å²) in [5.41, 5.74) is 11.6. The second-order valence-electron chi connectivity index (χ2n) is 8.27. The van der Waals surface area contributed by atoms with Crippen LogP contribution in [0.5, 0.6) is 5.75 Å². The van der Waals surface area contributed by atoms with E-state index in [-0.39, 0.29) is 36.4 Å². The van der Waals surface area contributed by atoms with Gasteiger partial charge in [0.15, 0.2) is 12.1 Å².